The first-order valence-corrected chi connectivity index (χ1v) is 6.42. The lowest BCUT2D eigenvalue weighted by Gasteiger charge is -2.38. The van der Waals surface area contributed by atoms with Gasteiger partial charge in [-0.2, -0.15) is 0 Å². The van der Waals surface area contributed by atoms with Gasteiger partial charge in [0.25, 0.3) is 0 Å². The highest BCUT2D eigenvalue weighted by molar-refractivity contribution is 5.61. The second-order valence-electron chi connectivity index (χ2n) is 5.04. The SMILES string of the molecule is C[C@H]1CCC[C@H](C)N1c1nnc2c(N)nccn12. The molecule has 0 unspecified atom stereocenters. The lowest BCUT2D eigenvalue weighted by Crippen LogP contribution is -2.44. The summed E-state index contributed by atoms with van der Waals surface area (Å²) in [5.41, 5.74) is 6.45. The molecule has 1 aliphatic rings. The maximum Gasteiger partial charge on any atom is 0.232 e. The first-order valence-electron chi connectivity index (χ1n) is 6.42. The van der Waals surface area contributed by atoms with Crippen molar-refractivity contribution in [1.82, 2.24) is 19.6 Å². The molecule has 2 N–H and O–H groups in total. The molecule has 6 heteroatoms. The average molecular weight is 246 g/mol. The van der Waals surface area contributed by atoms with Gasteiger partial charge in [-0.25, -0.2) is 4.98 Å². The molecule has 2 atom stereocenters. The number of nitrogens with two attached hydrogens (primary N) is 1. The number of piperidine rings is 1. The highest BCUT2D eigenvalue weighted by Crippen LogP contribution is 2.28. The minimum Gasteiger partial charge on any atom is -0.381 e. The van der Waals surface area contributed by atoms with Crippen LogP contribution in [0.25, 0.3) is 5.65 Å². The molecule has 0 aliphatic carbocycles. The highest BCUT2D eigenvalue weighted by Gasteiger charge is 2.28. The minimum absolute atomic E-state index is 0.425. The van der Waals surface area contributed by atoms with E-state index in [-0.39, 0.29) is 0 Å². The molecule has 1 fully saturated rings. The van der Waals surface area contributed by atoms with Gasteiger partial charge >= 0.3 is 0 Å². The van der Waals surface area contributed by atoms with E-state index in [0.29, 0.717) is 23.5 Å². The fraction of sp³-hybridized carbons (Fsp3) is 0.583. The molecule has 18 heavy (non-hydrogen) atoms. The van der Waals surface area contributed by atoms with Crippen molar-refractivity contribution in [1.29, 1.82) is 0 Å². The molecule has 0 aromatic carbocycles. The third kappa shape index (κ3) is 1.60. The van der Waals surface area contributed by atoms with Gasteiger partial charge in [0.05, 0.1) is 0 Å². The number of aromatic nitrogens is 4. The normalized spacial score (nSPS) is 24.7. The lowest BCUT2D eigenvalue weighted by molar-refractivity contribution is 0.406. The fourth-order valence-corrected chi connectivity index (χ4v) is 2.82. The molecule has 0 bridgehead atoms. The molecule has 2 aromatic rings. The van der Waals surface area contributed by atoms with Crippen molar-refractivity contribution in [2.24, 2.45) is 0 Å². The van der Waals surface area contributed by atoms with Gasteiger partial charge in [0.1, 0.15) is 0 Å². The lowest BCUT2D eigenvalue weighted by atomic mass is 9.98. The number of hydrogen-bond donors (Lipinski definition) is 1. The molecule has 0 radical (unpaired) electrons. The summed E-state index contributed by atoms with van der Waals surface area (Å²) in [4.78, 5) is 6.38. The van der Waals surface area contributed by atoms with Crippen LogP contribution in [-0.4, -0.2) is 31.7 Å². The maximum atomic E-state index is 5.82. The number of nitrogens with zero attached hydrogens (tertiary/aromatic N) is 5. The Bertz CT molecular complexity index is 553. The topological polar surface area (TPSA) is 72.3 Å². The molecule has 1 saturated heterocycles. The molecular weight excluding hydrogens is 228 g/mol. The van der Waals surface area contributed by atoms with Crippen LogP contribution in [-0.2, 0) is 0 Å². The molecule has 1 aliphatic heterocycles. The van der Waals surface area contributed by atoms with E-state index in [4.69, 9.17) is 5.73 Å². The number of hydrogen-bond acceptors (Lipinski definition) is 5. The Hall–Kier alpha value is -1.85. The summed E-state index contributed by atoms with van der Waals surface area (Å²) in [7, 11) is 0. The van der Waals surface area contributed by atoms with E-state index in [1.54, 1.807) is 6.20 Å². The predicted molar refractivity (Wildman–Crippen MR) is 70.4 cm³/mol. The van der Waals surface area contributed by atoms with Crippen molar-refractivity contribution in [3.8, 4) is 0 Å². The second-order valence-corrected chi connectivity index (χ2v) is 5.04. The molecular formula is C12H18N6. The smallest absolute Gasteiger partial charge is 0.232 e. The van der Waals surface area contributed by atoms with Crippen LogP contribution in [0.4, 0.5) is 11.8 Å². The Labute approximate surface area is 106 Å². The van der Waals surface area contributed by atoms with E-state index in [2.05, 4.69) is 33.9 Å². The summed E-state index contributed by atoms with van der Waals surface area (Å²) in [6.07, 6.45) is 7.22. The Balaban J connectivity index is 2.11. The van der Waals surface area contributed by atoms with Gasteiger partial charge in [0.2, 0.25) is 11.6 Å². The quantitative estimate of drug-likeness (QED) is 0.825. The molecule has 3 heterocycles. The van der Waals surface area contributed by atoms with Gasteiger partial charge in [-0.1, -0.05) is 0 Å². The van der Waals surface area contributed by atoms with Gasteiger partial charge in [-0.3, -0.25) is 4.40 Å². The monoisotopic (exact) mass is 246 g/mol. The van der Waals surface area contributed by atoms with Crippen molar-refractivity contribution in [2.45, 2.75) is 45.2 Å². The fourth-order valence-electron chi connectivity index (χ4n) is 2.82. The number of nitrogen functional groups attached to an aromatic ring is 1. The third-order valence-corrected chi connectivity index (χ3v) is 3.76. The molecule has 6 nitrogen and oxygen atoms in total. The summed E-state index contributed by atoms with van der Waals surface area (Å²) in [5, 5.41) is 8.45. The molecule has 3 rings (SSSR count). The summed E-state index contributed by atoms with van der Waals surface area (Å²) in [6.45, 7) is 4.47. The van der Waals surface area contributed by atoms with E-state index in [1.165, 1.54) is 19.3 Å². The standard InChI is InChI=1S/C12H18N6/c1-8-4-3-5-9(2)18(8)12-16-15-11-10(13)14-6-7-17(11)12/h6-9H,3-5H2,1-2H3,(H2,13,14)/t8-,9-/m0/s1. The van der Waals surface area contributed by atoms with Gasteiger partial charge in [-0.15, -0.1) is 10.2 Å². The summed E-state index contributed by atoms with van der Waals surface area (Å²) >= 11 is 0. The zero-order valence-corrected chi connectivity index (χ0v) is 10.7. The largest absolute Gasteiger partial charge is 0.381 e. The van der Waals surface area contributed by atoms with Crippen LogP contribution in [0.3, 0.4) is 0 Å². The van der Waals surface area contributed by atoms with Gasteiger partial charge in [-0.05, 0) is 33.1 Å². The van der Waals surface area contributed by atoms with Crippen molar-refractivity contribution < 1.29 is 0 Å². The van der Waals surface area contributed by atoms with Gasteiger partial charge in [0, 0.05) is 24.5 Å². The van der Waals surface area contributed by atoms with Crippen molar-refractivity contribution in [3.05, 3.63) is 12.4 Å². The Morgan fingerprint density at radius 2 is 1.94 bits per heavy atom. The van der Waals surface area contributed by atoms with E-state index in [0.717, 1.165) is 5.95 Å². The molecule has 0 amide bonds. The van der Waals surface area contributed by atoms with Crippen LogP contribution < -0.4 is 10.6 Å². The first kappa shape index (κ1) is 11.3. The van der Waals surface area contributed by atoms with Crippen molar-refractivity contribution >= 4 is 17.4 Å². The van der Waals surface area contributed by atoms with Gasteiger partial charge < -0.3 is 10.6 Å². The summed E-state index contributed by atoms with van der Waals surface area (Å²) in [6, 6.07) is 0.964. The zero-order chi connectivity index (χ0) is 12.7. The third-order valence-electron chi connectivity index (χ3n) is 3.76. The Morgan fingerprint density at radius 1 is 1.22 bits per heavy atom. The van der Waals surface area contributed by atoms with Crippen LogP contribution in [0.2, 0.25) is 0 Å². The average Bonchev–Trinajstić information content (AvgIpc) is 2.75. The van der Waals surface area contributed by atoms with Crippen LogP contribution in [0.5, 0.6) is 0 Å². The van der Waals surface area contributed by atoms with Gasteiger partial charge in [0.15, 0.2) is 5.82 Å². The predicted octanol–water partition coefficient (Wildman–Crippen LogP) is 1.47. The molecule has 2 aromatic heterocycles. The Kier molecular flexibility index (Phi) is 2.57. The van der Waals surface area contributed by atoms with Crippen molar-refractivity contribution in [2.75, 3.05) is 10.6 Å². The minimum atomic E-state index is 0.425. The summed E-state index contributed by atoms with van der Waals surface area (Å²) in [5.74, 6) is 1.30. The molecule has 0 saturated carbocycles. The number of rotatable bonds is 1. The van der Waals surface area contributed by atoms with Crippen LogP contribution in [0.1, 0.15) is 33.1 Å². The molecule has 96 valence electrons. The van der Waals surface area contributed by atoms with E-state index >= 15 is 0 Å². The number of anilines is 2. The highest BCUT2D eigenvalue weighted by atomic mass is 15.4. The first-order chi connectivity index (χ1) is 8.68. The van der Waals surface area contributed by atoms with Crippen LogP contribution >= 0.6 is 0 Å². The maximum absolute atomic E-state index is 5.82. The van der Waals surface area contributed by atoms with Crippen LogP contribution in [0.15, 0.2) is 12.4 Å². The van der Waals surface area contributed by atoms with Crippen molar-refractivity contribution in [3.63, 3.8) is 0 Å². The van der Waals surface area contributed by atoms with E-state index in [1.807, 2.05) is 10.6 Å². The molecule has 0 spiro atoms. The second kappa shape index (κ2) is 4.12. The zero-order valence-electron chi connectivity index (χ0n) is 10.7. The Morgan fingerprint density at radius 3 is 2.67 bits per heavy atom. The number of fused-ring (bicyclic) bond motifs is 1. The van der Waals surface area contributed by atoms with E-state index in [9.17, 15) is 0 Å². The van der Waals surface area contributed by atoms with E-state index < -0.39 is 0 Å². The summed E-state index contributed by atoms with van der Waals surface area (Å²) < 4.78 is 1.93. The van der Waals surface area contributed by atoms with Crippen LogP contribution in [0, 0.1) is 0 Å².